The van der Waals surface area contributed by atoms with Gasteiger partial charge in [0, 0.05) is 39.0 Å². The quantitative estimate of drug-likeness (QED) is 0.765. The van der Waals surface area contributed by atoms with Crippen LogP contribution in [0.15, 0.2) is 12.4 Å². The minimum atomic E-state index is -0.293. The van der Waals surface area contributed by atoms with Gasteiger partial charge in [-0.15, -0.1) is 0 Å². The zero-order valence-electron chi connectivity index (χ0n) is 12.5. The molecule has 2 unspecified atom stereocenters. The van der Waals surface area contributed by atoms with Crippen molar-refractivity contribution in [2.75, 3.05) is 26.8 Å². The molecule has 21 heavy (non-hydrogen) atoms. The van der Waals surface area contributed by atoms with Gasteiger partial charge in [0.15, 0.2) is 0 Å². The Morgan fingerprint density at radius 2 is 2.48 bits per heavy atom. The Labute approximate surface area is 124 Å². The number of nitrogens with one attached hydrogen (secondary N) is 2. The Kier molecular flexibility index (Phi) is 5.32. The van der Waals surface area contributed by atoms with Crippen LogP contribution in [0, 0.1) is 5.92 Å². The molecule has 0 bridgehead atoms. The number of hydrogen-bond donors (Lipinski definition) is 2. The number of ether oxygens (including phenoxy) is 1. The van der Waals surface area contributed by atoms with Gasteiger partial charge in [0.1, 0.15) is 5.82 Å². The van der Waals surface area contributed by atoms with Crippen LogP contribution in [0.3, 0.4) is 0 Å². The highest BCUT2D eigenvalue weighted by Crippen LogP contribution is 2.20. The Balaban J connectivity index is 1.90. The van der Waals surface area contributed by atoms with Gasteiger partial charge in [0.25, 0.3) is 0 Å². The molecule has 0 aromatic carbocycles. The maximum atomic E-state index is 12.3. The number of aromatic nitrogens is 2. The number of H-pyrrole nitrogens is 1. The van der Waals surface area contributed by atoms with E-state index in [2.05, 4.69) is 15.3 Å². The van der Waals surface area contributed by atoms with Crippen molar-refractivity contribution >= 4 is 11.8 Å². The molecule has 0 spiro atoms. The summed E-state index contributed by atoms with van der Waals surface area (Å²) >= 11 is 0. The van der Waals surface area contributed by atoms with Crippen molar-refractivity contribution in [3.8, 4) is 0 Å². The second-order valence-electron chi connectivity index (χ2n) is 5.18. The number of rotatable bonds is 7. The van der Waals surface area contributed by atoms with Crippen molar-refractivity contribution in [3.63, 3.8) is 0 Å². The molecule has 1 aliphatic heterocycles. The number of nitrogens with zero attached hydrogens (tertiary/aromatic N) is 2. The molecule has 0 saturated carbocycles. The van der Waals surface area contributed by atoms with E-state index in [9.17, 15) is 9.59 Å². The summed E-state index contributed by atoms with van der Waals surface area (Å²) in [6, 6.07) is -0.143. The van der Waals surface area contributed by atoms with Gasteiger partial charge < -0.3 is 19.9 Å². The lowest BCUT2D eigenvalue weighted by Crippen LogP contribution is -2.36. The number of methoxy groups -OCH3 is 1. The van der Waals surface area contributed by atoms with Gasteiger partial charge in [0.05, 0.1) is 18.6 Å². The average Bonchev–Trinajstić information content (AvgIpc) is 3.12. The predicted octanol–water partition coefficient (Wildman–Crippen LogP) is 0.472. The van der Waals surface area contributed by atoms with Gasteiger partial charge in [-0.05, 0) is 6.42 Å². The fraction of sp³-hybridized carbons (Fsp3) is 0.643. The minimum absolute atomic E-state index is 0.0123. The van der Waals surface area contributed by atoms with Crippen LogP contribution in [-0.2, 0) is 14.3 Å². The summed E-state index contributed by atoms with van der Waals surface area (Å²) in [5, 5.41) is 2.97. The summed E-state index contributed by atoms with van der Waals surface area (Å²) in [5.41, 5.74) is 0. The Hall–Kier alpha value is -1.89. The standard InChI is InChI=1S/C14H22N4O3/c1-3-11(13-15-4-5-16-13)17-14(20)10-8-12(19)18(9-10)6-7-21-2/h4-5,10-11H,3,6-9H2,1-2H3,(H,15,16)(H,17,20). The number of likely N-dealkylation sites (tertiary alicyclic amines) is 1. The Morgan fingerprint density at radius 3 is 3.10 bits per heavy atom. The van der Waals surface area contributed by atoms with Crippen LogP contribution >= 0.6 is 0 Å². The molecule has 1 aliphatic rings. The third-order valence-electron chi connectivity index (χ3n) is 3.72. The molecule has 1 aromatic rings. The second kappa shape index (κ2) is 7.21. The van der Waals surface area contributed by atoms with E-state index in [-0.39, 0.29) is 30.2 Å². The molecule has 0 radical (unpaired) electrons. The summed E-state index contributed by atoms with van der Waals surface area (Å²) in [5.74, 6) is 0.370. The van der Waals surface area contributed by atoms with Crippen LogP contribution in [0.25, 0.3) is 0 Å². The van der Waals surface area contributed by atoms with Crippen LogP contribution in [-0.4, -0.2) is 53.5 Å². The fourth-order valence-electron chi connectivity index (χ4n) is 2.49. The molecule has 7 nitrogen and oxygen atoms in total. The molecular formula is C14H22N4O3. The van der Waals surface area contributed by atoms with Crippen molar-refractivity contribution in [2.45, 2.75) is 25.8 Å². The zero-order valence-corrected chi connectivity index (χ0v) is 12.5. The van der Waals surface area contributed by atoms with Gasteiger partial charge in [-0.1, -0.05) is 6.92 Å². The van der Waals surface area contributed by atoms with Gasteiger partial charge in [-0.2, -0.15) is 0 Å². The van der Waals surface area contributed by atoms with E-state index in [1.165, 1.54) is 0 Å². The second-order valence-corrected chi connectivity index (χ2v) is 5.18. The molecule has 2 N–H and O–H groups in total. The maximum Gasteiger partial charge on any atom is 0.226 e. The van der Waals surface area contributed by atoms with Crippen LogP contribution in [0.1, 0.15) is 31.6 Å². The smallest absolute Gasteiger partial charge is 0.226 e. The summed E-state index contributed by atoms with van der Waals surface area (Å²) in [7, 11) is 1.60. The van der Waals surface area contributed by atoms with Gasteiger partial charge >= 0.3 is 0 Å². The van der Waals surface area contributed by atoms with Crippen molar-refractivity contribution in [1.29, 1.82) is 0 Å². The number of aromatic amines is 1. The Bertz CT molecular complexity index is 475. The molecular weight excluding hydrogens is 272 g/mol. The third kappa shape index (κ3) is 3.81. The average molecular weight is 294 g/mol. The molecule has 116 valence electrons. The van der Waals surface area contributed by atoms with Crippen LogP contribution < -0.4 is 5.32 Å². The fourth-order valence-corrected chi connectivity index (χ4v) is 2.49. The highest BCUT2D eigenvalue weighted by Gasteiger charge is 2.34. The topological polar surface area (TPSA) is 87.3 Å². The molecule has 2 rings (SSSR count). The monoisotopic (exact) mass is 294 g/mol. The lowest BCUT2D eigenvalue weighted by molar-refractivity contribution is -0.129. The predicted molar refractivity (Wildman–Crippen MR) is 76.3 cm³/mol. The van der Waals surface area contributed by atoms with E-state index in [1.807, 2.05) is 6.92 Å². The normalized spacial score (nSPS) is 19.8. The molecule has 2 amide bonds. The van der Waals surface area contributed by atoms with Crippen LogP contribution in [0.5, 0.6) is 0 Å². The molecule has 1 fully saturated rings. The summed E-state index contributed by atoms with van der Waals surface area (Å²) in [6.45, 7) is 3.47. The van der Waals surface area contributed by atoms with Gasteiger partial charge in [-0.25, -0.2) is 4.98 Å². The van der Waals surface area contributed by atoms with Crippen molar-refractivity contribution in [1.82, 2.24) is 20.2 Å². The molecule has 1 saturated heterocycles. The first-order chi connectivity index (χ1) is 10.2. The Morgan fingerprint density at radius 1 is 1.67 bits per heavy atom. The van der Waals surface area contributed by atoms with E-state index >= 15 is 0 Å². The zero-order chi connectivity index (χ0) is 15.2. The van der Waals surface area contributed by atoms with Crippen LogP contribution in [0.2, 0.25) is 0 Å². The van der Waals surface area contributed by atoms with Crippen molar-refractivity contribution in [3.05, 3.63) is 18.2 Å². The van der Waals surface area contributed by atoms with E-state index in [4.69, 9.17) is 4.74 Å². The number of carbonyl (C=O) groups excluding carboxylic acids is 2. The first-order valence-electron chi connectivity index (χ1n) is 7.22. The third-order valence-corrected chi connectivity index (χ3v) is 3.72. The molecule has 0 aliphatic carbocycles. The number of carbonyl (C=O) groups is 2. The number of hydrogen-bond acceptors (Lipinski definition) is 4. The van der Waals surface area contributed by atoms with E-state index in [0.717, 1.165) is 12.2 Å². The summed E-state index contributed by atoms with van der Waals surface area (Å²) in [6.07, 6.45) is 4.41. The lowest BCUT2D eigenvalue weighted by atomic mass is 10.1. The highest BCUT2D eigenvalue weighted by atomic mass is 16.5. The summed E-state index contributed by atoms with van der Waals surface area (Å²) in [4.78, 5) is 33.0. The van der Waals surface area contributed by atoms with Gasteiger partial charge in [0.2, 0.25) is 11.8 Å². The van der Waals surface area contributed by atoms with Crippen molar-refractivity contribution in [2.24, 2.45) is 5.92 Å². The van der Waals surface area contributed by atoms with E-state index < -0.39 is 0 Å². The molecule has 7 heteroatoms. The highest BCUT2D eigenvalue weighted by molar-refractivity contribution is 5.89. The van der Waals surface area contributed by atoms with Crippen molar-refractivity contribution < 1.29 is 14.3 Å². The first kappa shape index (κ1) is 15.5. The van der Waals surface area contributed by atoms with Crippen LogP contribution in [0.4, 0.5) is 0 Å². The SMILES string of the molecule is CCC(NC(=O)C1CC(=O)N(CCOC)C1)c1ncc[nH]1. The molecule has 1 aromatic heterocycles. The molecule has 2 heterocycles. The largest absolute Gasteiger partial charge is 0.383 e. The summed E-state index contributed by atoms with van der Waals surface area (Å²) < 4.78 is 4.97. The number of imidazole rings is 1. The van der Waals surface area contributed by atoms with Gasteiger partial charge in [-0.3, -0.25) is 9.59 Å². The number of amides is 2. The first-order valence-corrected chi connectivity index (χ1v) is 7.22. The maximum absolute atomic E-state index is 12.3. The van der Waals surface area contributed by atoms with E-state index in [1.54, 1.807) is 24.4 Å². The minimum Gasteiger partial charge on any atom is -0.383 e. The lowest BCUT2D eigenvalue weighted by Gasteiger charge is -2.18. The van der Waals surface area contributed by atoms with E-state index in [0.29, 0.717) is 19.7 Å². The molecule has 2 atom stereocenters.